The highest BCUT2D eigenvalue weighted by molar-refractivity contribution is 5.93. The molecule has 3 rings (SSSR count). The molecule has 1 amide bonds. The molecule has 0 aliphatic heterocycles. The summed E-state index contributed by atoms with van der Waals surface area (Å²) in [5.41, 5.74) is 11.7. The zero-order valence-corrected chi connectivity index (χ0v) is 12.0. The number of carbonyl (C=O) groups excluding carboxylic acids is 1. The molecule has 0 saturated carbocycles. The second-order valence-electron chi connectivity index (χ2n) is 5.30. The van der Waals surface area contributed by atoms with Crippen LogP contribution in [0.1, 0.15) is 17.0 Å². The van der Waals surface area contributed by atoms with Gasteiger partial charge >= 0.3 is 0 Å². The topological polar surface area (TPSA) is 96.9 Å². The van der Waals surface area contributed by atoms with Crippen LogP contribution < -0.4 is 17.0 Å². The molecule has 2 aromatic carbocycles. The molecule has 5 nitrogen and oxygen atoms in total. The second kappa shape index (κ2) is 5.91. The van der Waals surface area contributed by atoms with Gasteiger partial charge in [0.15, 0.2) is 0 Å². The second-order valence-corrected chi connectivity index (χ2v) is 5.30. The molecule has 1 unspecified atom stereocenters. The van der Waals surface area contributed by atoms with Crippen molar-refractivity contribution in [1.29, 1.82) is 0 Å². The van der Waals surface area contributed by atoms with E-state index >= 15 is 0 Å². The summed E-state index contributed by atoms with van der Waals surface area (Å²) in [5, 5.41) is 0.949. The number of anilines is 1. The highest BCUT2D eigenvalue weighted by atomic mass is 16.2. The van der Waals surface area contributed by atoms with E-state index in [4.69, 9.17) is 11.6 Å². The summed E-state index contributed by atoms with van der Waals surface area (Å²) in [6.07, 6.45) is 2.43. The fourth-order valence-corrected chi connectivity index (χ4v) is 2.74. The van der Waals surface area contributed by atoms with Gasteiger partial charge in [0.05, 0.1) is 5.92 Å². The number of hydrogen-bond donors (Lipinski definition) is 4. The molecule has 0 fully saturated rings. The van der Waals surface area contributed by atoms with E-state index in [1.807, 2.05) is 54.7 Å². The molecule has 112 valence electrons. The van der Waals surface area contributed by atoms with Crippen LogP contribution in [0.5, 0.6) is 0 Å². The van der Waals surface area contributed by atoms with Gasteiger partial charge in [0, 0.05) is 22.8 Å². The number of hydrazine groups is 1. The van der Waals surface area contributed by atoms with E-state index in [9.17, 15) is 4.79 Å². The number of H-pyrrole nitrogens is 1. The van der Waals surface area contributed by atoms with Gasteiger partial charge in [0.1, 0.15) is 0 Å². The quantitative estimate of drug-likeness (QED) is 0.257. The molecular formula is C17H18N4O. The van der Waals surface area contributed by atoms with Crippen molar-refractivity contribution in [2.24, 2.45) is 5.84 Å². The number of carbonyl (C=O) groups is 1. The Bertz CT molecular complexity index is 795. The van der Waals surface area contributed by atoms with E-state index in [0.717, 1.165) is 22.0 Å². The van der Waals surface area contributed by atoms with Crippen LogP contribution in [0.3, 0.4) is 0 Å². The number of nitrogens with two attached hydrogens (primary N) is 2. The van der Waals surface area contributed by atoms with E-state index < -0.39 is 0 Å². The number of hydrogen-bond acceptors (Lipinski definition) is 3. The van der Waals surface area contributed by atoms with Crippen LogP contribution >= 0.6 is 0 Å². The summed E-state index contributed by atoms with van der Waals surface area (Å²) in [6, 6.07) is 15.5. The van der Waals surface area contributed by atoms with Crippen molar-refractivity contribution in [3.63, 3.8) is 0 Å². The zero-order valence-electron chi connectivity index (χ0n) is 12.0. The van der Waals surface area contributed by atoms with E-state index in [1.165, 1.54) is 0 Å². The Morgan fingerprint density at radius 3 is 2.68 bits per heavy atom. The van der Waals surface area contributed by atoms with Crippen LogP contribution in [0.15, 0.2) is 54.7 Å². The minimum Gasteiger partial charge on any atom is -0.399 e. The lowest BCUT2D eigenvalue weighted by molar-refractivity contribution is -0.122. The first kappa shape index (κ1) is 14.2. The summed E-state index contributed by atoms with van der Waals surface area (Å²) in [6.45, 7) is 0. The highest BCUT2D eigenvalue weighted by Crippen LogP contribution is 2.29. The van der Waals surface area contributed by atoms with Crippen molar-refractivity contribution in [3.05, 3.63) is 65.9 Å². The molecule has 5 heteroatoms. The Morgan fingerprint density at radius 1 is 1.18 bits per heavy atom. The number of aromatic amines is 1. The van der Waals surface area contributed by atoms with Gasteiger partial charge in [-0.3, -0.25) is 10.2 Å². The summed E-state index contributed by atoms with van der Waals surface area (Å²) < 4.78 is 0. The van der Waals surface area contributed by atoms with Crippen molar-refractivity contribution < 1.29 is 4.79 Å². The maximum Gasteiger partial charge on any atom is 0.241 e. The third-order valence-corrected chi connectivity index (χ3v) is 3.85. The standard InChI is InChI=1S/C17H18N4O/c18-12-6-7-16-13(9-12)15(10-20-16)14(17(22)21-19)8-11-4-2-1-3-5-11/h1-7,9-10,14,20H,8,18-19H2,(H,21,22). The molecule has 1 atom stereocenters. The maximum atomic E-state index is 12.3. The Balaban J connectivity index is 2.04. The van der Waals surface area contributed by atoms with Crippen LogP contribution in [0.2, 0.25) is 0 Å². The molecule has 0 saturated heterocycles. The monoisotopic (exact) mass is 294 g/mol. The van der Waals surface area contributed by atoms with Crippen molar-refractivity contribution in [2.45, 2.75) is 12.3 Å². The van der Waals surface area contributed by atoms with Gasteiger partial charge in [-0.25, -0.2) is 5.84 Å². The number of nitrogens with one attached hydrogen (secondary N) is 2. The van der Waals surface area contributed by atoms with Crippen molar-refractivity contribution >= 4 is 22.5 Å². The van der Waals surface area contributed by atoms with Crippen LogP contribution in [-0.4, -0.2) is 10.9 Å². The fourth-order valence-electron chi connectivity index (χ4n) is 2.74. The predicted molar refractivity (Wildman–Crippen MR) is 87.9 cm³/mol. The molecule has 0 aliphatic rings. The number of nitrogen functional groups attached to an aromatic ring is 1. The van der Waals surface area contributed by atoms with Crippen molar-refractivity contribution in [3.8, 4) is 0 Å². The van der Waals surface area contributed by atoms with Gasteiger partial charge in [-0.1, -0.05) is 30.3 Å². The summed E-state index contributed by atoms with van der Waals surface area (Å²) in [5.74, 6) is 4.78. The average molecular weight is 294 g/mol. The Morgan fingerprint density at radius 2 is 1.95 bits per heavy atom. The van der Waals surface area contributed by atoms with Crippen molar-refractivity contribution in [1.82, 2.24) is 10.4 Å². The molecule has 1 aromatic heterocycles. The third kappa shape index (κ3) is 2.66. The van der Waals surface area contributed by atoms with Gasteiger partial charge in [0.25, 0.3) is 0 Å². The lowest BCUT2D eigenvalue weighted by Crippen LogP contribution is -2.35. The highest BCUT2D eigenvalue weighted by Gasteiger charge is 2.23. The third-order valence-electron chi connectivity index (χ3n) is 3.85. The first-order chi connectivity index (χ1) is 10.7. The van der Waals surface area contributed by atoms with Gasteiger partial charge in [0.2, 0.25) is 5.91 Å². The molecule has 0 bridgehead atoms. The molecular weight excluding hydrogens is 276 g/mol. The molecule has 0 spiro atoms. The van der Waals surface area contributed by atoms with Crippen LogP contribution in [0.4, 0.5) is 5.69 Å². The van der Waals surface area contributed by atoms with Crippen LogP contribution in [0.25, 0.3) is 10.9 Å². The van der Waals surface area contributed by atoms with Gasteiger partial charge < -0.3 is 10.7 Å². The van der Waals surface area contributed by atoms with E-state index in [-0.39, 0.29) is 11.8 Å². The summed E-state index contributed by atoms with van der Waals surface area (Å²) >= 11 is 0. The smallest absolute Gasteiger partial charge is 0.241 e. The number of benzene rings is 2. The van der Waals surface area contributed by atoms with E-state index in [2.05, 4.69) is 10.4 Å². The number of amides is 1. The first-order valence-electron chi connectivity index (χ1n) is 7.10. The van der Waals surface area contributed by atoms with Gasteiger partial charge in [-0.2, -0.15) is 0 Å². The Kier molecular flexibility index (Phi) is 3.80. The van der Waals surface area contributed by atoms with E-state index in [0.29, 0.717) is 12.1 Å². The number of fused-ring (bicyclic) bond motifs is 1. The molecule has 1 heterocycles. The number of aromatic nitrogens is 1. The summed E-state index contributed by atoms with van der Waals surface area (Å²) in [4.78, 5) is 15.4. The molecule has 0 radical (unpaired) electrons. The maximum absolute atomic E-state index is 12.3. The van der Waals surface area contributed by atoms with Gasteiger partial charge in [-0.05, 0) is 35.7 Å². The van der Waals surface area contributed by atoms with Crippen LogP contribution in [-0.2, 0) is 11.2 Å². The zero-order chi connectivity index (χ0) is 15.5. The summed E-state index contributed by atoms with van der Waals surface area (Å²) in [7, 11) is 0. The predicted octanol–water partition coefficient (Wildman–Crippen LogP) is 2.07. The van der Waals surface area contributed by atoms with Gasteiger partial charge in [-0.15, -0.1) is 0 Å². The van der Waals surface area contributed by atoms with Crippen LogP contribution in [0, 0.1) is 0 Å². The Hall–Kier alpha value is -2.79. The molecule has 0 aliphatic carbocycles. The molecule has 22 heavy (non-hydrogen) atoms. The lowest BCUT2D eigenvalue weighted by Gasteiger charge is -2.15. The SMILES string of the molecule is NNC(=O)C(Cc1ccccc1)c1c[nH]c2ccc(N)cc12. The Labute approximate surface area is 128 Å². The minimum atomic E-state index is -0.372. The molecule has 6 N–H and O–H groups in total. The van der Waals surface area contributed by atoms with E-state index in [1.54, 1.807) is 0 Å². The average Bonchev–Trinajstić information content (AvgIpc) is 2.95. The minimum absolute atomic E-state index is 0.216. The first-order valence-corrected chi connectivity index (χ1v) is 7.10. The number of rotatable bonds is 4. The van der Waals surface area contributed by atoms with Crippen molar-refractivity contribution in [2.75, 3.05) is 5.73 Å². The normalized spacial score (nSPS) is 12.2. The fraction of sp³-hybridized carbons (Fsp3) is 0.118. The molecule has 3 aromatic rings. The lowest BCUT2D eigenvalue weighted by atomic mass is 9.91. The largest absolute Gasteiger partial charge is 0.399 e.